The van der Waals surface area contributed by atoms with Gasteiger partial charge in [-0.15, -0.1) is 0 Å². The van der Waals surface area contributed by atoms with E-state index < -0.39 is 0 Å². The maximum atomic E-state index is 12.0. The third-order valence-corrected chi connectivity index (χ3v) is 8.21. The molecule has 0 heterocycles. The van der Waals surface area contributed by atoms with Gasteiger partial charge in [-0.25, -0.2) is 0 Å². The third-order valence-electron chi connectivity index (χ3n) is 8.21. The molecule has 5 heteroatoms. The van der Waals surface area contributed by atoms with Gasteiger partial charge >= 0.3 is 0 Å². The normalized spacial score (nSPS) is 26.4. The van der Waals surface area contributed by atoms with Gasteiger partial charge in [0.05, 0.1) is 18.5 Å². The van der Waals surface area contributed by atoms with Crippen LogP contribution < -0.4 is 5.73 Å². The van der Waals surface area contributed by atoms with Gasteiger partial charge in [0.25, 0.3) is 0 Å². The zero-order valence-electron chi connectivity index (χ0n) is 22.9. The minimum Gasteiger partial charge on any atom is -0.497 e. The molecule has 0 bridgehead atoms. The predicted octanol–water partition coefficient (Wildman–Crippen LogP) is 6.57. The molecule has 36 heavy (non-hydrogen) atoms. The monoisotopic (exact) mass is 497 g/mol. The van der Waals surface area contributed by atoms with Crippen LogP contribution in [0.1, 0.15) is 78.6 Å². The molecule has 0 aromatic carbocycles. The summed E-state index contributed by atoms with van der Waals surface area (Å²) in [5.41, 5.74) is 11.9. The Morgan fingerprint density at radius 2 is 2.03 bits per heavy atom. The molecule has 0 saturated heterocycles. The van der Waals surface area contributed by atoms with Crippen molar-refractivity contribution in [1.29, 1.82) is 0 Å². The lowest BCUT2D eigenvalue weighted by Crippen LogP contribution is -2.45. The Hall–Kier alpha value is -1.95. The number of hydrogen-bond acceptors (Lipinski definition) is 5. The Morgan fingerprint density at radius 1 is 1.22 bits per heavy atom. The molecule has 3 rings (SSSR count). The predicted molar refractivity (Wildman–Crippen MR) is 146 cm³/mol. The number of nitrogens with two attached hydrogens (primary N) is 1. The zero-order chi connectivity index (χ0) is 26.1. The Morgan fingerprint density at radius 3 is 2.72 bits per heavy atom. The lowest BCUT2D eigenvalue weighted by atomic mass is 9.79. The van der Waals surface area contributed by atoms with Gasteiger partial charge in [0.2, 0.25) is 0 Å². The number of carbonyl (C=O) groups is 1. The summed E-state index contributed by atoms with van der Waals surface area (Å²) >= 11 is 0. The Balaban J connectivity index is 1.57. The molecule has 0 radical (unpaired) electrons. The van der Waals surface area contributed by atoms with Crippen molar-refractivity contribution in [1.82, 2.24) is 0 Å². The molecule has 0 spiro atoms. The van der Waals surface area contributed by atoms with Crippen LogP contribution in [-0.4, -0.2) is 38.4 Å². The van der Waals surface area contributed by atoms with E-state index in [4.69, 9.17) is 19.9 Å². The quantitative estimate of drug-likeness (QED) is 0.230. The van der Waals surface area contributed by atoms with E-state index in [1.165, 1.54) is 22.3 Å². The number of ether oxygens (including phenoxy) is 3. The van der Waals surface area contributed by atoms with E-state index in [9.17, 15) is 4.79 Å². The van der Waals surface area contributed by atoms with Crippen molar-refractivity contribution in [3.8, 4) is 0 Å². The maximum absolute atomic E-state index is 12.0. The van der Waals surface area contributed by atoms with Gasteiger partial charge < -0.3 is 19.9 Å². The fourth-order valence-electron chi connectivity index (χ4n) is 5.75. The molecule has 0 aromatic rings. The second kappa shape index (κ2) is 14.1. The minimum absolute atomic E-state index is 0.137. The van der Waals surface area contributed by atoms with Crippen molar-refractivity contribution in [3.05, 3.63) is 58.9 Å². The summed E-state index contributed by atoms with van der Waals surface area (Å²) in [4.78, 5) is 12.0. The fraction of sp³-hybridized carbons (Fsp3) is 0.645. The van der Waals surface area contributed by atoms with Gasteiger partial charge in [0, 0.05) is 38.3 Å². The average Bonchev–Trinajstić information content (AvgIpc) is 2.88. The molecule has 5 atom stereocenters. The van der Waals surface area contributed by atoms with E-state index in [0.29, 0.717) is 30.5 Å². The van der Waals surface area contributed by atoms with Crippen LogP contribution >= 0.6 is 0 Å². The molecule has 5 nitrogen and oxygen atoms in total. The molecule has 2 N–H and O–H groups in total. The van der Waals surface area contributed by atoms with E-state index in [2.05, 4.69) is 51.7 Å². The van der Waals surface area contributed by atoms with Crippen molar-refractivity contribution >= 4 is 5.78 Å². The average molecular weight is 498 g/mol. The summed E-state index contributed by atoms with van der Waals surface area (Å²) in [6.07, 6.45) is 16.2. The standard InChI is InChI=1S/C31H47NO4/c1-21(14-15-29(36-20-34-5)31(32)26-12-9-13-27(33)18-26)16-28-22(2)17-30(24(4)23(28)3)35-19-25-10-7-6-8-11-25/h6-8,10,22,25-26,29,31H,1,9,11-20,32H2,2-5H3. The first-order chi connectivity index (χ1) is 17.3. The summed E-state index contributed by atoms with van der Waals surface area (Å²) in [5.74, 6) is 2.54. The smallest absolute Gasteiger partial charge is 0.146 e. The third kappa shape index (κ3) is 8.03. The Bertz CT molecular complexity index is 896. The fourth-order valence-corrected chi connectivity index (χ4v) is 5.75. The minimum atomic E-state index is -0.161. The first kappa shape index (κ1) is 28.6. The van der Waals surface area contributed by atoms with Crippen LogP contribution in [0.2, 0.25) is 0 Å². The highest BCUT2D eigenvalue weighted by Gasteiger charge is 2.31. The molecule has 5 unspecified atom stereocenters. The molecule has 1 fully saturated rings. The van der Waals surface area contributed by atoms with Crippen molar-refractivity contribution in [2.75, 3.05) is 20.5 Å². The first-order valence-electron chi connectivity index (χ1n) is 13.7. The molecule has 3 aliphatic carbocycles. The second-order valence-electron chi connectivity index (χ2n) is 11.0. The van der Waals surface area contributed by atoms with Crippen molar-refractivity contribution in [3.63, 3.8) is 0 Å². The Kier molecular flexibility index (Phi) is 11.2. The summed E-state index contributed by atoms with van der Waals surface area (Å²) in [7, 11) is 1.63. The first-order valence-corrected chi connectivity index (χ1v) is 13.7. The van der Waals surface area contributed by atoms with E-state index in [0.717, 1.165) is 57.3 Å². The van der Waals surface area contributed by atoms with Crippen LogP contribution in [0.15, 0.2) is 58.9 Å². The number of hydrogen-bond donors (Lipinski definition) is 1. The highest BCUT2D eigenvalue weighted by Crippen LogP contribution is 2.38. The molecular weight excluding hydrogens is 450 g/mol. The molecule has 200 valence electrons. The van der Waals surface area contributed by atoms with Crippen LogP contribution in [0.25, 0.3) is 0 Å². The van der Waals surface area contributed by atoms with Gasteiger partial charge in [0.1, 0.15) is 12.6 Å². The second-order valence-corrected chi connectivity index (χ2v) is 11.0. The topological polar surface area (TPSA) is 70.8 Å². The van der Waals surface area contributed by atoms with Gasteiger partial charge in [-0.1, -0.05) is 49.0 Å². The highest BCUT2D eigenvalue weighted by atomic mass is 16.7. The number of Topliss-reactive ketones (excluding diaryl/α,β-unsaturated/α-hetero) is 1. The van der Waals surface area contributed by atoms with Crippen LogP contribution in [0, 0.1) is 17.8 Å². The molecule has 0 aromatic heterocycles. The van der Waals surface area contributed by atoms with E-state index in [1.807, 2.05) is 0 Å². The number of ketones is 1. The van der Waals surface area contributed by atoms with Gasteiger partial charge in [-0.3, -0.25) is 4.79 Å². The largest absolute Gasteiger partial charge is 0.497 e. The lowest BCUT2D eigenvalue weighted by Gasteiger charge is -2.33. The van der Waals surface area contributed by atoms with Crippen molar-refractivity contribution in [2.24, 2.45) is 23.5 Å². The number of methoxy groups -OCH3 is 1. The highest BCUT2D eigenvalue weighted by molar-refractivity contribution is 5.79. The van der Waals surface area contributed by atoms with E-state index >= 15 is 0 Å². The number of rotatable bonds is 13. The summed E-state index contributed by atoms with van der Waals surface area (Å²) in [5, 5.41) is 0. The van der Waals surface area contributed by atoms with Crippen LogP contribution in [0.3, 0.4) is 0 Å². The number of carbonyl (C=O) groups excluding carboxylic acids is 1. The summed E-state index contributed by atoms with van der Waals surface area (Å²) in [6.45, 7) is 12.1. The number of allylic oxidation sites excluding steroid dienone is 8. The van der Waals surface area contributed by atoms with Crippen molar-refractivity contribution < 1.29 is 19.0 Å². The van der Waals surface area contributed by atoms with Crippen LogP contribution in [0.4, 0.5) is 0 Å². The summed E-state index contributed by atoms with van der Waals surface area (Å²) < 4.78 is 17.5. The molecular formula is C31H47NO4. The molecule has 0 amide bonds. The molecule has 3 aliphatic rings. The molecule has 1 saturated carbocycles. The van der Waals surface area contributed by atoms with Gasteiger partial charge in [-0.05, 0) is 75.4 Å². The molecule has 0 aliphatic heterocycles. The van der Waals surface area contributed by atoms with Gasteiger partial charge in [-0.2, -0.15) is 0 Å². The maximum Gasteiger partial charge on any atom is 0.146 e. The van der Waals surface area contributed by atoms with Crippen molar-refractivity contribution in [2.45, 2.75) is 90.7 Å². The van der Waals surface area contributed by atoms with E-state index in [1.54, 1.807) is 7.11 Å². The van der Waals surface area contributed by atoms with Crippen LogP contribution in [0.5, 0.6) is 0 Å². The SMILES string of the molecule is C=C(CCC(OCOC)C(N)C1CCCC(=O)C1)CC1=C(C)C(C)=C(OCC2C=CC=CC2)CC1C. The van der Waals surface area contributed by atoms with Crippen LogP contribution in [-0.2, 0) is 19.0 Å². The van der Waals surface area contributed by atoms with E-state index in [-0.39, 0.29) is 24.9 Å². The Labute approximate surface area is 218 Å². The lowest BCUT2D eigenvalue weighted by molar-refractivity contribution is -0.123. The van der Waals surface area contributed by atoms with Gasteiger partial charge in [0.15, 0.2) is 0 Å². The summed E-state index contributed by atoms with van der Waals surface area (Å²) in [6, 6.07) is -0.161. The zero-order valence-corrected chi connectivity index (χ0v) is 22.9.